The van der Waals surface area contributed by atoms with E-state index >= 15 is 0 Å². The highest BCUT2D eigenvalue weighted by Gasteiger charge is 2.18. The average molecular weight is 396 g/mol. The molecule has 0 radical (unpaired) electrons. The van der Waals surface area contributed by atoms with Gasteiger partial charge in [-0.1, -0.05) is 23.9 Å². The third kappa shape index (κ3) is 4.77. The van der Waals surface area contributed by atoms with Gasteiger partial charge in [0.25, 0.3) is 0 Å². The van der Waals surface area contributed by atoms with E-state index in [2.05, 4.69) is 20.5 Å². The summed E-state index contributed by atoms with van der Waals surface area (Å²) in [6.45, 7) is 3.27. The number of carbonyl (C=O) groups excluding carboxylic acids is 2. The van der Waals surface area contributed by atoms with Crippen LogP contribution in [-0.2, 0) is 4.79 Å². The number of carbonyl (C=O) groups is 2. The van der Waals surface area contributed by atoms with Gasteiger partial charge in [0.2, 0.25) is 11.1 Å². The number of H-pyrrole nitrogens is 1. The number of aromatic nitrogens is 3. The lowest BCUT2D eigenvalue weighted by molar-refractivity contribution is -0.115. The molecular formula is C20H20N4O3S. The van der Waals surface area contributed by atoms with Gasteiger partial charge in [0.1, 0.15) is 5.75 Å². The van der Waals surface area contributed by atoms with Crippen molar-refractivity contribution in [1.29, 1.82) is 0 Å². The highest BCUT2D eigenvalue weighted by molar-refractivity contribution is 8.00. The van der Waals surface area contributed by atoms with Gasteiger partial charge in [-0.15, -0.1) is 5.10 Å². The Morgan fingerprint density at radius 2 is 1.93 bits per heavy atom. The molecule has 144 valence electrons. The Bertz CT molecular complexity index is 985. The van der Waals surface area contributed by atoms with Crippen LogP contribution in [0.5, 0.6) is 5.75 Å². The van der Waals surface area contributed by atoms with Crippen LogP contribution in [0.2, 0.25) is 0 Å². The van der Waals surface area contributed by atoms with E-state index in [1.54, 1.807) is 38.3 Å². The first-order chi connectivity index (χ1) is 13.5. The second kappa shape index (κ2) is 8.71. The maximum Gasteiger partial charge on any atom is 0.237 e. The number of hydrogen-bond donors (Lipinski definition) is 2. The van der Waals surface area contributed by atoms with Crippen molar-refractivity contribution in [3.8, 4) is 17.1 Å². The zero-order chi connectivity index (χ0) is 20.1. The number of nitrogens with zero attached hydrogens (tertiary/aromatic N) is 2. The van der Waals surface area contributed by atoms with Crippen LogP contribution >= 0.6 is 11.8 Å². The van der Waals surface area contributed by atoms with Gasteiger partial charge in [-0.25, -0.2) is 4.98 Å². The van der Waals surface area contributed by atoms with E-state index in [1.165, 1.54) is 18.7 Å². The molecule has 1 heterocycles. The molecule has 2 N–H and O–H groups in total. The molecule has 7 nitrogen and oxygen atoms in total. The van der Waals surface area contributed by atoms with Crippen LogP contribution in [0.1, 0.15) is 24.2 Å². The topological polar surface area (TPSA) is 97.0 Å². The molecule has 3 rings (SSSR count). The SMILES string of the molecule is COc1ccc(-c2nc(S[C@H](C)C(=O)Nc3cccc(C(C)=O)c3)n[nH]2)cc1. The summed E-state index contributed by atoms with van der Waals surface area (Å²) in [4.78, 5) is 28.4. The maximum absolute atomic E-state index is 12.4. The van der Waals surface area contributed by atoms with Crippen molar-refractivity contribution in [2.45, 2.75) is 24.3 Å². The monoisotopic (exact) mass is 396 g/mol. The number of rotatable bonds is 7. The molecule has 0 fully saturated rings. The second-order valence-corrected chi connectivity index (χ2v) is 7.39. The number of methoxy groups -OCH3 is 1. The van der Waals surface area contributed by atoms with E-state index in [-0.39, 0.29) is 11.7 Å². The Kier molecular flexibility index (Phi) is 6.10. The molecule has 0 bridgehead atoms. The van der Waals surface area contributed by atoms with Gasteiger partial charge in [0.15, 0.2) is 11.6 Å². The van der Waals surface area contributed by atoms with Crippen molar-refractivity contribution < 1.29 is 14.3 Å². The number of ketones is 1. The first kappa shape index (κ1) is 19.6. The van der Waals surface area contributed by atoms with Gasteiger partial charge in [0, 0.05) is 16.8 Å². The molecule has 0 unspecified atom stereocenters. The number of benzene rings is 2. The smallest absolute Gasteiger partial charge is 0.237 e. The number of nitrogens with one attached hydrogen (secondary N) is 2. The third-order valence-corrected chi connectivity index (χ3v) is 4.98. The summed E-state index contributed by atoms with van der Waals surface area (Å²) >= 11 is 1.25. The number of amides is 1. The molecule has 0 aliphatic carbocycles. The quantitative estimate of drug-likeness (QED) is 0.466. The predicted octanol–water partition coefficient (Wildman–Crippen LogP) is 3.80. The minimum Gasteiger partial charge on any atom is -0.497 e. The Morgan fingerprint density at radius 1 is 1.18 bits per heavy atom. The number of Topliss-reactive ketones (excluding diaryl/α,β-unsaturated/α-hetero) is 1. The first-order valence-electron chi connectivity index (χ1n) is 8.61. The molecule has 3 aromatic rings. The zero-order valence-electron chi connectivity index (χ0n) is 15.7. The summed E-state index contributed by atoms with van der Waals surface area (Å²) in [6, 6.07) is 14.3. The molecule has 0 saturated heterocycles. The number of anilines is 1. The standard InChI is InChI=1S/C20H20N4O3S/c1-12(25)15-5-4-6-16(11-15)21-19(26)13(2)28-20-22-18(23-24-20)14-7-9-17(27-3)10-8-14/h4-11,13H,1-3H3,(H,21,26)(H,22,23,24)/t13-/m1/s1. The van der Waals surface area contributed by atoms with E-state index in [4.69, 9.17) is 4.74 Å². The predicted molar refractivity (Wildman–Crippen MR) is 109 cm³/mol. The lowest BCUT2D eigenvalue weighted by Crippen LogP contribution is -2.22. The lowest BCUT2D eigenvalue weighted by atomic mass is 10.1. The maximum atomic E-state index is 12.4. The van der Waals surface area contributed by atoms with Crippen molar-refractivity contribution in [3.05, 3.63) is 54.1 Å². The Hall–Kier alpha value is -3.13. The van der Waals surface area contributed by atoms with Crippen molar-refractivity contribution in [2.24, 2.45) is 0 Å². The largest absolute Gasteiger partial charge is 0.497 e. The molecule has 1 aromatic heterocycles. The van der Waals surface area contributed by atoms with Gasteiger partial charge >= 0.3 is 0 Å². The highest BCUT2D eigenvalue weighted by Crippen LogP contribution is 2.25. The van der Waals surface area contributed by atoms with E-state index < -0.39 is 5.25 Å². The molecule has 1 atom stereocenters. The van der Waals surface area contributed by atoms with Crippen LogP contribution < -0.4 is 10.1 Å². The van der Waals surface area contributed by atoms with Crippen LogP contribution in [0.3, 0.4) is 0 Å². The molecule has 2 aromatic carbocycles. The van der Waals surface area contributed by atoms with Crippen molar-refractivity contribution >= 4 is 29.1 Å². The van der Waals surface area contributed by atoms with E-state index in [0.717, 1.165) is 11.3 Å². The highest BCUT2D eigenvalue weighted by atomic mass is 32.2. The van der Waals surface area contributed by atoms with Gasteiger partial charge < -0.3 is 10.1 Å². The van der Waals surface area contributed by atoms with Gasteiger partial charge in [-0.2, -0.15) is 0 Å². The van der Waals surface area contributed by atoms with Crippen LogP contribution in [0.15, 0.2) is 53.7 Å². The summed E-state index contributed by atoms with van der Waals surface area (Å²) in [5.74, 6) is 1.13. The van der Waals surface area contributed by atoms with Crippen LogP contribution in [0.4, 0.5) is 5.69 Å². The molecule has 1 amide bonds. The number of thioether (sulfide) groups is 1. The van der Waals surface area contributed by atoms with Gasteiger partial charge in [0.05, 0.1) is 12.4 Å². The number of aromatic amines is 1. The van der Waals surface area contributed by atoms with Gasteiger partial charge in [-0.3, -0.25) is 14.7 Å². The average Bonchev–Trinajstić information content (AvgIpc) is 3.16. The number of hydrogen-bond acceptors (Lipinski definition) is 6. The fraction of sp³-hybridized carbons (Fsp3) is 0.200. The summed E-state index contributed by atoms with van der Waals surface area (Å²) in [7, 11) is 1.61. The molecule has 28 heavy (non-hydrogen) atoms. The van der Waals surface area contributed by atoms with Crippen LogP contribution in [0, 0.1) is 0 Å². The molecule has 0 saturated carbocycles. The minimum absolute atomic E-state index is 0.0506. The Balaban J connectivity index is 1.63. The summed E-state index contributed by atoms with van der Waals surface area (Å²) in [5.41, 5.74) is 2.01. The summed E-state index contributed by atoms with van der Waals surface area (Å²) in [5, 5.41) is 9.93. The molecule has 0 aliphatic heterocycles. The molecule has 8 heteroatoms. The molecule has 0 aliphatic rings. The lowest BCUT2D eigenvalue weighted by Gasteiger charge is -2.10. The van der Waals surface area contributed by atoms with Crippen LogP contribution in [0.25, 0.3) is 11.4 Å². The minimum atomic E-state index is -0.416. The second-order valence-electron chi connectivity index (χ2n) is 6.08. The third-order valence-electron chi connectivity index (χ3n) is 4.02. The van der Waals surface area contributed by atoms with Gasteiger partial charge in [-0.05, 0) is 50.2 Å². The molecular weight excluding hydrogens is 376 g/mol. The molecule has 0 spiro atoms. The Morgan fingerprint density at radius 3 is 2.61 bits per heavy atom. The Labute approximate surface area is 166 Å². The number of ether oxygens (including phenoxy) is 1. The first-order valence-corrected chi connectivity index (χ1v) is 9.49. The summed E-state index contributed by atoms with van der Waals surface area (Å²) in [6.07, 6.45) is 0. The van der Waals surface area contributed by atoms with E-state index in [1.807, 2.05) is 24.3 Å². The summed E-state index contributed by atoms with van der Waals surface area (Å²) < 4.78 is 5.14. The van der Waals surface area contributed by atoms with E-state index in [9.17, 15) is 9.59 Å². The van der Waals surface area contributed by atoms with Crippen LogP contribution in [-0.4, -0.2) is 39.2 Å². The zero-order valence-corrected chi connectivity index (χ0v) is 16.5. The fourth-order valence-electron chi connectivity index (χ4n) is 2.45. The van der Waals surface area contributed by atoms with Crippen molar-refractivity contribution in [1.82, 2.24) is 15.2 Å². The van der Waals surface area contributed by atoms with E-state index in [0.29, 0.717) is 22.2 Å². The van der Waals surface area contributed by atoms with Crippen molar-refractivity contribution in [2.75, 3.05) is 12.4 Å². The normalized spacial score (nSPS) is 11.7. The van der Waals surface area contributed by atoms with Crippen molar-refractivity contribution in [3.63, 3.8) is 0 Å². The fourth-order valence-corrected chi connectivity index (χ4v) is 3.17.